The average Bonchev–Trinajstić information content (AvgIpc) is 2.75. The molecule has 3 aromatic rings. The minimum absolute atomic E-state index is 0.506. The van der Waals surface area contributed by atoms with Crippen molar-refractivity contribution < 1.29 is 4.74 Å². The van der Waals surface area contributed by atoms with E-state index in [2.05, 4.69) is 28.1 Å². The molecule has 0 fully saturated rings. The van der Waals surface area contributed by atoms with Gasteiger partial charge in [0, 0.05) is 38.3 Å². The Morgan fingerprint density at radius 1 is 0.966 bits per heavy atom. The monoisotopic (exact) mass is 392 g/mol. The topological polar surface area (TPSA) is 66.7 Å². The quantitative estimate of drug-likeness (QED) is 0.322. The van der Waals surface area contributed by atoms with Gasteiger partial charge in [0.15, 0.2) is 5.82 Å². The first-order valence-corrected chi connectivity index (χ1v) is 9.80. The standard InChI is InChI=1S/C22H28N6O/c1-6-7-10-15-23-28(4)22-25-20(24-21(26-22)27(2)3)18-13-14-19(29-5)17-12-9-8-11-16(17)18/h8-9,11-15H,6-7,10H2,1-5H3/b23-15+. The normalized spacial score (nSPS) is 11.2. The molecule has 0 saturated heterocycles. The molecule has 1 heterocycles. The van der Waals surface area contributed by atoms with Crippen LogP contribution in [0.25, 0.3) is 22.2 Å². The smallest absolute Gasteiger partial charge is 0.251 e. The fourth-order valence-corrected chi connectivity index (χ4v) is 2.99. The van der Waals surface area contributed by atoms with Gasteiger partial charge in [-0.1, -0.05) is 37.6 Å². The molecular weight excluding hydrogens is 364 g/mol. The summed E-state index contributed by atoms with van der Waals surface area (Å²) < 4.78 is 5.52. The molecule has 0 aliphatic carbocycles. The summed E-state index contributed by atoms with van der Waals surface area (Å²) in [5.74, 6) is 2.52. The van der Waals surface area contributed by atoms with Crippen LogP contribution in [0.5, 0.6) is 5.75 Å². The number of hydrazone groups is 1. The van der Waals surface area contributed by atoms with Gasteiger partial charge in [0.05, 0.1) is 7.11 Å². The number of benzene rings is 2. The Morgan fingerprint density at radius 2 is 1.69 bits per heavy atom. The highest BCUT2D eigenvalue weighted by Crippen LogP contribution is 2.33. The third-order valence-corrected chi connectivity index (χ3v) is 4.59. The fourth-order valence-electron chi connectivity index (χ4n) is 2.99. The summed E-state index contributed by atoms with van der Waals surface area (Å²) in [5.41, 5.74) is 0.927. The van der Waals surface area contributed by atoms with Gasteiger partial charge in [-0.2, -0.15) is 20.1 Å². The lowest BCUT2D eigenvalue weighted by molar-refractivity contribution is 0.420. The van der Waals surface area contributed by atoms with Crippen molar-refractivity contribution in [3.8, 4) is 17.1 Å². The molecular formula is C22H28N6O. The molecule has 1 aromatic heterocycles. The molecule has 0 unspecified atom stereocenters. The first kappa shape index (κ1) is 20.5. The van der Waals surface area contributed by atoms with Gasteiger partial charge in [-0.15, -0.1) is 0 Å². The Morgan fingerprint density at radius 3 is 2.38 bits per heavy atom. The van der Waals surface area contributed by atoms with Crippen LogP contribution >= 0.6 is 0 Å². The van der Waals surface area contributed by atoms with Crippen molar-refractivity contribution >= 4 is 28.9 Å². The van der Waals surface area contributed by atoms with Gasteiger partial charge in [-0.05, 0) is 30.4 Å². The first-order valence-electron chi connectivity index (χ1n) is 9.80. The molecule has 0 spiro atoms. The van der Waals surface area contributed by atoms with Crippen molar-refractivity contribution in [2.75, 3.05) is 38.2 Å². The van der Waals surface area contributed by atoms with Crippen molar-refractivity contribution in [2.45, 2.75) is 26.2 Å². The fraction of sp³-hybridized carbons (Fsp3) is 0.364. The lowest BCUT2D eigenvalue weighted by atomic mass is 10.0. The van der Waals surface area contributed by atoms with E-state index in [1.54, 1.807) is 12.1 Å². The second kappa shape index (κ2) is 9.32. The van der Waals surface area contributed by atoms with Crippen LogP contribution in [-0.4, -0.2) is 49.4 Å². The minimum Gasteiger partial charge on any atom is -0.496 e. The van der Waals surface area contributed by atoms with Crippen LogP contribution in [0.2, 0.25) is 0 Å². The molecule has 3 rings (SSSR count). The largest absolute Gasteiger partial charge is 0.496 e. The van der Waals surface area contributed by atoms with E-state index in [0.717, 1.165) is 41.3 Å². The molecule has 29 heavy (non-hydrogen) atoms. The number of methoxy groups -OCH3 is 1. The van der Waals surface area contributed by atoms with E-state index in [1.807, 2.05) is 62.6 Å². The van der Waals surface area contributed by atoms with E-state index in [4.69, 9.17) is 9.72 Å². The van der Waals surface area contributed by atoms with Crippen LogP contribution in [0.1, 0.15) is 26.2 Å². The summed E-state index contributed by atoms with van der Waals surface area (Å²) in [6, 6.07) is 12.0. The average molecular weight is 393 g/mol. The van der Waals surface area contributed by atoms with Crippen LogP contribution < -0.4 is 14.6 Å². The van der Waals surface area contributed by atoms with Crippen LogP contribution in [0, 0.1) is 0 Å². The van der Waals surface area contributed by atoms with E-state index in [1.165, 1.54) is 0 Å². The molecule has 152 valence electrons. The number of hydrogen-bond donors (Lipinski definition) is 0. The van der Waals surface area contributed by atoms with Gasteiger partial charge in [-0.3, -0.25) is 0 Å². The predicted molar refractivity (Wildman–Crippen MR) is 120 cm³/mol. The molecule has 7 nitrogen and oxygen atoms in total. The van der Waals surface area contributed by atoms with E-state index < -0.39 is 0 Å². The highest BCUT2D eigenvalue weighted by Gasteiger charge is 2.16. The third kappa shape index (κ3) is 4.62. The second-order valence-electron chi connectivity index (χ2n) is 6.98. The Hall–Kier alpha value is -3.22. The number of ether oxygens (including phenoxy) is 1. The van der Waals surface area contributed by atoms with Crippen molar-refractivity contribution in [3.63, 3.8) is 0 Å². The molecule has 0 N–H and O–H groups in total. The maximum Gasteiger partial charge on any atom is 0.251 e. The minimum atomic E-state index is 0.506. The molecule has 0 bridgehead atoms. The van der Waals surface area contributed by atoms with Gasteiger partial charge in [-0.25, -0.2) is 5.01 Å². The van der Waals surface area contributed by atoms with E-state index in [9.17, 15) is 0 Å². The van der Waals surface area contributed by atoms with Gasteiger partial charge in [0.25, 0.3) is 5.95 Å². The van der Waals surface area contributed by atoms with Gasteiger partial charge in [0.2, 0.25) is 5.95 Å². The maximum absolute atomic E-state index is 5.52. The molecule has 0 atom stereocenters. The lowest BCUT2D eigenvalue weighted by Crippen LogP contribution is -2.19. The maximum atomic E-state index is 5.52. The summed E-state index contributed by atoms with van der Waals surface area (Å²) in [6.07, 6.45) is 5.09. The van der Waals surface area contributed by atoms with Crippen LogP contribution in [0.4, 0.5) is 11.9 Å². The highest BCUT2D eigenvalue weighted by molar-refractivity contribution is 5.99. The Kier molecular flexibility index (Phi) is 6.59. The van der Waals surface area contributed by atoms with Crippen LogP contribution in [0.3, 0.4) is 0 Å². The molecule has 0 aliphatic rings. The Balaban J connectivity index is 2.09. The number of aromatic nitrogens is 3. The van der Waals surface area contributed by atoms with E-state index in [-0.39, 0.29) is 0 Å². The molecule has 2 aromatic carbocycles. The SMILES string of the molecule is CCCC/C=N/N(C)c1nc(-c2ccc(OC)c3ccccc23)nc(N(C)C)n1. The highest BCUT2D eigenvalue weighted by atomic mass is 16.5. The zero-order valence-corrected chi connectivity index (χ0v) is 17.8. The third-order valence-electron chi connectivity index (χ3n) is 4.59. The molecule has 0 saturated carbocycles. The predicted octanol–water partition coefficient (Wildman–Crippen LogP) is 4.38. The zero-order valence-electron chi connectivity index (χ0n) is 17.8. The van der Waals surface area contributed by atoms with Gasteiger partial charge in [0.1, 0.15) is 5.75 Å². The number of nitrogens with zero attached hydrogens (tertiary/aromatic N) is 6. The molecule has 0 aliphatic heterocycles. The summed E-state index contributed by atoms with van der Waals surface area (Å²) in [6.45, 7) is 2.17. The summed E-state index contributed by atoms with van der Waals surface area (Å²) in [7, 11) is 7.37. The number of unbranched alkanes of at least 4 members (excludes halogenated alkanes) is 2. The van der Waals surface area contributed by atoms with Crippen LogP contribution in [0.15, 0.2) is 41.5 Å². The summed E-state index contributed by atoms with van der Waals surface area (Å²) in [4.78, 5) is 15.8. The Bertz CT molecular complexity index is 1000. The zero-order chi connectivity index (χ0) is 20.8. The second-order valence-corrected chi connectivity index (χ2v) is 6.98. The van der Waals surface area contributed by atoms with Gasteiger partial charge < -0.3 is 9.64 Å². The van der Waals surface area contributed by atoms with Crippen molar-refractivity contribution in [2.24, 2.45) is 5.10 Å². The lowest BCUT2D eigenvalue weighted by Gasteiger charge is -2.17. The van der Waals surface area contributed by atoms with Crippen LogP contribution in [-0.2, 0) is 0 Å². The van der Waals surface area contributed by atoms with Crippen molar-refractivity contribution in [1.29, 1.82) is 0 Å². The molecule has 0 radical (unpaired) electrons. The number of fused-ring (bicyclic) bond motifs is 1. The van der Waals surface area contributed by atoms with E-state index in [0.29, 0.717) is 17.7 Å². The first-order chi connectivity index (χ1) is 14.0. The van der Waals surface area contributed by atoms with Crippen molar-refractivity contribution in [3.05, 3.63) is 36.4 Å². The number of anilines is 2. The van der Waals surface area contributed by atoms with Gasteiger partial charge >= 0.3 is 0 Å². The molecule has 7 heteroatoms. The number of hydrogen-bond acceptors (Lipinski definition) is 7. The summed E-state index contributed by atoms with van der Waals surface area (Å²) >= 11 is 0. The van der Waals surface area contributed by atoms with E-state index >= 15 is 0 Å². The number of rotatable bonds is 8. The summed E-state index contributed by atoms with van der Waals surface area (Å²) in [5, 5.41) is 8.22. The van der Waals surface area contributed by atoms with Crippen molar-refractivity contribution in [1.82, 2.24) is 15.0 Å². The molecule has 0 amide bonds. The Labute approximate surface area is 172 Å².